The Balaban J connectivity index is 1.59. The minimum absolute atomic E-state index is 0.668. The first-order chi connectivity index (χ1) is 15.1. The Hall–Kier alpha value is -3.45. The second kappa shape index (κ2) is 9.57. The van der Waals surface area contributed by atoms with Gasteiger partial charge in [0.15, 0.2) is 11.6 Å². The molecule has 0 aliphatic carbocycles. The molecule has 3 aromatic rings. The number of nitrogens with zero attached hydrogens (tertiary/aromatic N) is 5. The summed E-state index contributed by atoms with van der Waals surface area (Å²) in [4.78, 5) is 14.2. The first kappa shape index (κ1) is 20.8. The number of rotatable bonds is 7. The number of piperazine rings is 1. The lowest BCUT2D eigenvalue weighted by molar-refractivity contribution is 0.312. The fourth-order valence-corrected chi connectivity index (χ4v) is 3.50. The highest BCUT2D eigenvalue weighted by molar-refractivity contribution is 5.69. The van der Waals surface area contributed by atoms with E-state index in [1.165, 1.54) is 5.56 Å². The summed E-state index contributed by atoms with van der Waals surface area (Å²) in [6.07, 6.45) is 6.80. The molecule has 0 unspecified atom stereocenters. The smallest absolute Gasteiger partial charge is 0.156 e. The van der Waals surface area contributed by atoms with Crippen molar-refractivity contribution in [2.45, 2.75) is 13.3 Å². The molecule has 1 aliphatic heterocycles. The van der Waals surface area contributed by atoms with Gasteiger partial charge in [0.25, 0.3) is 0 Å². The largest absolute Gasteiger partial charge is 0.354 e. The average molecular weight is 416 g/mol. The van der Waals surface area contributed by atoms with Crippen LogP contribution in [-0.2, 0) is 6.42 Å². The standard InChI is InChI=1S/C24H29N7/c1-4-5-19-6-8-20(9-7-19)10-11-21-25-22(26-23-16-18(2)28-29-23)17-24(27-21)31-14-12-30(3)13-15-31/h4,6-11,16-17H,1,5,12-15H2,2-3H3,(H2,25,26,27,28,29). The summed E-state index contributed by atoms with van der Waals surface area (Å²) in [5.41, 5.74) is 3.36. The van der Waals surface area contributed by atoms with Crippen LogP contribution in [0.2, 0.25) is 0 Å². The average Bonchev–Trinajstić information content (AvgIpc) is 3.18. The SMILES string of the molecule is C=CCc1ccc(C=Cc2nc(Nc3cc(C)[nH]n3)cc(N3CCN(C)CC3)n2)cc1. The van der Waals surface area contributed by atoms with Crippen LogP contribution in [0, 0.1) is 6.92 Å². The molecule has 0 atom stereocenters. The molecule has 0 radical (unpaired) electrons. The highest BCUT2D eigenvalue weighted by Gasteiger charge is 2.17. The number of hydrogen-bond acceptors (Lipinski definition) is 6. The fourth-order valence-electron chi connectivity index (χ4n) is 3.50. The van der Waals surface area contributed by atoms with Crippen LogP contribution in [0.3, 0.4) is 0 Å². The van der Waals surface area contributed by atoms with Crippen molar-refractivity contribution in [2.24, 2.45) is 0 Å². The van der Waals surface area contributed by atoms with E-state index in [4.69, 9.17) is 9.97 Å². The molecular weight excluding hydrogens is 386 g/mol. The van der Waals surface area contributed by atoms with Crippen molar-refractivity contribution in [2.75, 3.05) is 43.4 Å². The Morgan fingerprint density at radius 1 is 1.03 bits per heavy atom. The van der Waals surface area contributed by atoms with Gasteiger partial charge in [-0.05, 0) is 37.6 Å². The van der Waals surface area contributed by atoms with Crippen LogP contribution < -0.4 is 10.2 Å². The molecule has 3 heterocycles. The zero-order valence-corrected chi connectivity index (χ0v) is 18.2. The number of allylic oxidation sites excluding steroid dienone is 1. The minimum atomic E-state index is 0.668. The van der Waals surface area contributed by atoms with Crippen molar-refractivity contribution >= 4 is 29.6 Å². The predicted octanol–water partition coefficient (Wildman–Crippen LogP) is 3.90. The van der Waals surface area contributed by atoms with Gasteiger partial charge < -0.3 is 15.1 Å². The van der Waals surface area contributed by atoms with E-state index < -0.39 is 0 Å². The molecule has 1 aliphatic rings. The zero-order valence-electron chi connectivity index (χ0n) is 18.2. The summed E-state index contributed by atoms with van der Waals surface area (Å²) in [5.74, 6) is 3.07. The number of aryl methyl sites for hydroxylation is 1. The summed E-state index contributed by atoms with van der Waals surface area (Å²) in [5, 5.41) is 10.5. The Labute approximate surface area is 183 Å². The van der Waals surface area contributed by atoms with Crippen molar-refractivity contribution in [3.8, 4) is 0 Å². The summed E-state index contributed by atoms with van der Waals surface area (Å²) in [6.45, 7) is 9.71. The van der Waals surface area contributed by atoms with Gasteiger partial charge in [-0.1, -0.05) is 36.4 Å². The molecule has 0 saturated carbocycles. The number of benzene rings is 1. The van der Waals surface area contributed by atoms with Crippen molar-refractivity contribution in [3.63, 3.8) is 0 Å². The number of aromatic nitrogens is 4. The van der Waals surface area contributed by atoms with Crippen molar-refractivity contribution < 1.29 is 0 Å². The number of aromatic amines is 1. The molecule has 31 heavy (non-hydrogen) atoms. The summed E-state index contributed by atoms with van der Waals surface area (Å²) in [7, 11) is 2.15. The molecule has 4 rings (SSSR count). The third kappa shape index (κ3) is 5.58. The Kier molecular flexibility index (Phi) is 6.43. The van der Waals surface area contributed by atoms with E-state index in [0.717, 1.165) is 61.3 Å². The van der Waals surface area contributed by atoms with Crippen molar-refractivity contribution in [1.82, 2.24) is 25.1 Å². The second-order valence-electron chi connectivity index (χ2n) is 7.89. The van der Waals surface area contributed by atoms with Gasteiger partial charge in [0.1, 0.15) is 11.6 Å². The number of likely N-dealkylation sites (N-methyl/N-ethyl adjacent to an activating group) is 1. The lowest BCUT2D eigenvalue weighted by Gasteiger charge is -2.33. The van der Waals surface area contributed by atoms with Gasteiger partial charge in [0.05, 0.1) is 0 Å². The molecule has 2 N–H and O–H groups in total. The van der Waals surface area contributed by atoms with Crippen LogP contribution in [0.5, 0.6) is 0 Å². The Morgan fingerprint density at radius 3 is 2.48 bits per heavy atom. The first-order valence-corrected chi connectivity index (χ1v) is 10.6. The maximum Gasteiger partial charge on any atom is 0.156 e. The van der Waals surface area contributed by atoms with Gasteiger partial charge in [0, 0.05) is 44.0 Å². The lowest BCUT2D eigenvalue weighted by atomic mass is 10.1. The van der Waals surface area contributed by atoms with Crippen LogP contribution >= 0.6 is 0 Å². The van der Waals surface area contributed by atoms with Gasteiger partial charge in [-0.25, -0.2) is 9.97 Å². The number of hydrogen-bond donors (Lipinski definition) is 2. The highest BCUT2D eigenvalue weighted by Crippen LogP contribution is 2.21. The molecule has 0 spiro atoms. The lowest BCUT2D eigenvalue weighted by Crippen LogP contribution is -2.44. The molecule has 1 saturated heterocycles. The van der Waals surface area contributed by atoms with Gasteiger partial charge in [0.2, 0.25) is 0 Å². The number of nitrogens with one attached hydrogen (secondary N) is 2. The van der Waals surface area contributed by atoms with Gasteiger partial charge in [-0.2, -0.15) is 5.10 Å². The topological polar surface area (TPSA) is 73.0 Å². The molecule has 0 bridgehead atoms. The third-order valence-electron chi connectivity index (χ3n) is 5.30. The van der Waals surface area contributed by atoms with Gasteiger partial charge in [-0.15, -0.1) is 6.58 Å². The molecule has 160 valence electrons. The minimum Gasteiger partial charge on any atom is -0.354 e. The molecule has 2 aromatic heterocycles. The summed E-state index contributed by atoms with van der Waals surface area (Å²) >= 11 is 0. The van der Waals surface area contributed by atoms with Crippen LogP contribution in [0.4, 0.5) is 17.5 Å². The molecule has 7 heteroatoms. The van der Waals surface area contributed by atoms with Crippen molar-refractivity contribution in [3.05, 3.63) is 71.7 Å². The van der Waals surface area contributed by atoms with Gasteiger partial charge in [-0.3, -0.25) is 5.10 Å². The van der Waals surface area contributed by atoms with E-state index >= 15 is 0 Å². The maximum absolute atomic E-state index is 4.82. The van der Waals surface area contributed by atoms with Crippen LogP contribution in [0.25, 0.3) is 12.2 Å². The van der Waals surface area contributed by atoms with E-state index in [-0.39, 0.29) is 0 Å². The molecule has 1 fully saturated rings. The third-order valence-corrected chi connectivity index (χ3v) is 5.30. The Bertz CT molecular complexity index is 1040. The monoisotopic (exact) mass is 415 g/mol. The molecule has 1 aromatic carbocycles. The predicted molar refractivity (Wildman–Crippen MR) is 128 cm³/mol. The quantitative estimate of drug-likeness (QED) is 0.570. The zero-order chi connectivity index (χ0) is 21.6. The Morgan fingerprint density at radius 2 is 1.81 bits per heavy atom. The van der Waals surface area contributed by atoms with E-state index in [1.807, 2.05) is 37.3 Å². The number of anilines is 3. The fraction of sp³-hybridized carbons (Fsp3) is 0.292. The van der Waals surface area contributed by atoms with E-state index in [9.17, 15) is 0 Å². The van der Waals surface area contributed by atoms with Crippen LogP contribution in [-0.4, -0.2) is 58.3 Å². The van der Waals surface area contributed by atoms with Gasteiger partial charge >= 0.3 is 0 Å². The molecular formula is C24H29N7. The van der Waals surface area contributed by atoms with Crippen LogP contribution in [0.1, 0.15) is 22.6 Å². The van der Waals surface area contributed by atoms with E-state index in [0.29, 0.717) is 5.82 Å². The second-order valence-corrected chi connectivity index (χ2v) is 7.89. The van der Waals surface area contributed by atoms with E-state index in [2.05, 4.69) is 63.2 Å². The highest BCUT2D eigenvalue weighted by atomic mass is 15.3. The normalized spacial score (nSPS) is 14.8. The molecule has 7 nitrogen and oxygen atoms in total. The first-order valence-electron chi connectivity index (χ1n) is 10.6. The van der Waals surface area contributed by atoms with E-state index in [1.54, 1.807) is 0 Å². The van der Waals surface area contributed by atoms with Crippen LogP contribution in [0.15, 0.2) is 49.1 Å². The molecule has 0 amide bonds. The summed E-state index contributed by atoms with van der Waals surface area (Å²) < 4.78 is 0. The van der Waals surface area contributed by atoms with Crippen molar-refractivity contribution in [1.29, 1.82) is 0 Å². The number of H-pyrrole nitrogens is 1. The maximum atomic E-state index is 4.82. The summed E-state index contributed by atoms with van der Waals surface area (Å²) in [6, 6.07) is 12.4.